The minimum atomic E-state index is -0.253. The summed E-state index contributed by atoms with van der Waals surface area (Å²) in [5.41, 5.74) is 1.06. The Balaban J connectivity index is 1.96. The molecular weight excluding hydrogens is 324 g/mol. The van der Waals surface area contributed by atoms with Crippen molar-refractivity contribution in [2.45, 2.75) is 57.5 Å². The summed E-state index contributed by atoms with van der Waals surface area (Å²) < 4.78 is 0.988. The molecule has 0 saturated heterocycles. The first kappa shape index (κ1) is 15.3. The van der Waals surface area contributed by atoms with Gasteiger partial charge in [0.15, 0.2) is 0 Å². The summed E-state index contributed by atoms with van der Waals surface area (Å²) in [5, 5.41) is 11.2. The lowest BCUT2D eigenvalue weighted by Crippen LogP contribution is -2.24. The van der Waals surface area contributed by atoms with Gasteiger partial charge in [-0.3, -0.25) is 0 Å². The molecule has 1 atom stereocenters. The summed E-state index contributed by atoms with van der Waals surface area (Å²) in [4.78, 5) is 0. The van der Waals surface area contributed by atoms with Crippen molar-refractivity contribution in [3.05, 3.63) is 33.3 Å². The molecule has 0 amide bonds. The van der Waals surface area contributed by atoms with Gasteiger partial charge in [0.1, 0.15) is 0 Å². The topological polar surface area (TPSA) is 20.2 Å². The molecule has 0 radical (unpaired) electrons. The lowest BCUT2D eigenvalue weighted by molar-refractivity contribution is 0.0913. The third kappa shape index (κ3) is 4.77. The second kappa shape index (κ2) is 7.66. The quantitative estimate of drug-likeness (QED) is 0.781. The highest BCUT2D eigenvalue weighted by Crippen LogP contribution is 2.29. The molecule has 1 aromatic rings. The summed E-state index contributed by atoms with van der Waals surface area (Å²) in [6.45, 7) is 0. The number of rotatable bonds is 3. The van der Waals surface area contributed by atoms with Crippen LogP contribution in [0.4, 0.5) is 0 Å². The standard InChI is InChI=1S/C16H22BrClO/c17-14-9-8-13(15(18)11-14)10-16(19)12-6-4-2-1-3-5-7-12/h8-9,11-12,16,19H,1-7,10H2. The Labute approximate surface area is 129 Å². The molecule has 1 N–H and O–H groups in total. The second-order valence-corrected chi connectivity index (χ2v) is 6.94. The smallest absolute Gasteiger partial charge is 0.0609 e. The monoisotopic (exact) mass is 344 g/mol. The van der Waals surface area contributed by atoms with Crippen LogP contribution in [0.1, 0.15) is 50.5 Å². The zero-order valence-corrected chi connectivity index (χ0v) is 13.6. The van der Waals surface area contributed by atoms with Gasteiger partial charge in [-0.05, 0) is 36.5 Å². The Morgan fingerprint density at radius 3 is 2.42 bits per heavy atom. The van der Waals surface area contributed by atoms with Gasteiger partial charge in [-0.15, -0.1) is 0 Å². The van der Waals surface area contributed by atoms with Crippen molar-refractivity contribution < 1.29 is 5.11 Å². The van der Waals surface area contributed by atoms with Crippen LogP contribution in [0.25, 0.3) is 0 Å². The van der Waals surface area contributed by atoms with Crippen molar-refractivity contribution in [2.75, 3.05) is 0 Å². The van der Waals surface area contributed by atoms with E-state index in [9.17, 15) is 5.11 Å². The second-order valence-electron chi connectivity index (χ2n) is 5.61. The summed E-state index contributed by atoms with van der Waals surface area (Å²) in [6, 6.07) is 5.91. The minimum absolute atomic E-state index is 0.253. The lowest BCUT2D eigenvalue weighted by Gasteiger charge is -2.25. The highest BCUT2D eigenvalue weighted by atomic mass is 79.9. The van der Waals surface area contributed by atoms with E-state index in [1.807, 2.05) is 18.2 Å². The zero-order chi connectivity index (χ0) is 13.7. The molecule has 3 heteroatoms. The number of hydrogen-bond acceptors (Lipinski definition) is 1. The van der Waals surface area contributed by atoms with Gasteiger partial charge in [-0.2, -0.15) is 0 Å². The van der Waals surface area contributed by atoms with E-state index < -0.39 is 0 Å². The molecule has 2 rings (SSSR count). The van der Waals surface area contributed by atoms with Gasteiger partial charge in [0.05, 0.1) is 6.10 Å². The molecule has 0 heterocycles. The van der Waals surface area contributed by atoms with E-state index in [2.05, 4.69) is 15.9 Å². The first-order valence-corrected chi connectivity index (χ1v) is 8.46. The van der Waals surface area contributed by atoms with Crippen molar-refractivity contribution in [2.24, 2.45) is 5.92 Å². The molecular formula is C16H22BrClO. The molecule has 19 heavy (non-hydrogen) atoms. The first-order chi connectivity index (χ1) is 9.16. The van der Waals surface area contributed by atoms with Crippen molar-refractivity contribution in [1.82, 2.24) is 0 Å². The maximum Gasteiger partial charge on any atom is 0.0609 e. The van der Waals surface area contributed by atoms with E-state index in [1.165, 1.54) is 32.1 Å². The first-order valence-electron chi connectivity index (χ1n) is 7.29. The van der Waals surface area contributed by atoms with Crippen LogP contribution in [0.5, 0.6) is 0 Å². The van der Waals surface area contributed by atoms with Crippen molar-refractivity contribution in [3.63, 3.8) is 0 Å². The van der Waals surface area contributed by atoms with E-state index >= 15 is 0 Å². The van der Waals surface area contributed by atoms with Gasteiger partial charge >= 0.3 is 0 Å². The van der Waals surface area contributed by atoms with Crippen LogP contribution in [0.2, 0.25) is 5.02 Å². The zero-order valence-electron chi connectivity index (χ0n) is 11.2. The molecule has 1 unspecified atom stereocenters. The van der Waals surface area contributed by atoms with E-state index in [-0.39, 0.29) is 6.10 Å². The SMILES string of the molecule is OC(Cc1ccc(Br)cc1Cl)C1CCCCCCC1. The summed E-state index contributed by atoms with van der Waals surface area (Å²) >= 11 is 9.64. The van der Waals surface area contributed by atoms with Crippen LogP contribution in [0.15, 0.2) is 22.7 Å². The maximum atomic E-state index is 10.5. The van der Waals surface area contributed by atoms with Crippen LogP contribution in [-0.4, -0.2) is 11.2 Å². The maximum absolute atomic E-state index is 10.5. The molecule has 106 valence electrons. The summed E-state index contributed by atoms with van der Waals surface area (Å²) in [5.74, 6) is 0.444. The number of halogens is 2. The fraction of sp³-hybridized carbons (Fsp3) is 0.625. The lowest BCUT2D eigenvalue weighted by atomic mass is 9.85. The molecule has 1 saturated carbocycles. The molecule has 0 spiro atoms. The highest BCUT2D eigenvalue weighted by Gasteiger charge is 2.21. The Hall–Kier alpha value is -0.0500. The molecule has 1 fully saturated rings. The van der Waals surface area contributed by atoms with Crippen LogP contribution in [0, 0.1) is 5.92 Å². The average molecular weight is 346 g/mol. The van der Waals surface area contributed by atoms with Crippen LogP contribution >= 0.6 is 27.5 Å². The van der Waals surface area contributed by atoms with Crippen molar-refractivity contribution in [1.29, 1.82) is 0 Å². The molecule has 1 aliphatic carbocycles. The minimum Gasteiger partial charge on any atom is -0.392 e. The van der Waals surface area contributed by atoms with Crippen LogP contribution < -0.4 is 0 Å². The third-order valence-corrected chi connectivity index (χ3v) is 4.98. The largest absolute Gasteiger partial charge is 0.392 e. The predicted molar refractivity (Wildman–Crippen MR) is 84.7 cm³/mol. The number of aliphatic hydroxyl groups excluding tert-OH is 1. The van der Waals surface area contributed by atoms with Gasteiger partial charge in [-0.25, -0.2) is 0 Å². The van der Waals surface area contributed by atoms with E-state index in [4.69, 9.17) is 11.6 Å². The number of benzene rings is 1. The Morgan fingerprint density at radius 1 is 1.16 bits per heavy atom. The van der Waals surface area contributed by atoms with E-state index in [0.29, 0.717) is 12.3 Å². The third-order valence-electron chi connectivity index (χ3n) is 4.14. The fourth-order valence-electron chi connectivity index (χ4n) is 2.95. The summed E-state index contributed by atoms with van der Waals surface area (Å²) in [6.07, 6.45) is 9.27. The van der Waals surface area contributed by atoms with Crippen LogP contribution in [-0.2, 0) is 6.42 Å². The van der Waals surface area contributed by atoms with E-state index in [0.717, 1.165) is 27.9 Å². The number of hydrogen-bond donors (Lipinski definition) is 1. The molecule has 0 bridgehead atoms. The van der Waals surface area contributed by atoms with Gasteiger partial charge in [0.25, 0.3) is 0 Å². The number of aliphatic hydroxyl groups is 1. The molecule has 1 aromatic carbocycles. The Kier molecular flexibility index (Phi) is 6.18. The molecule has 1 aliphatic rings. The van der Waals surface area contributed by atoms with Crippen molar-refractivity contribution >= 4 is 27.5 Å². The molecule has 0 aromatic heterocycles. The fourth-order valence-corrected chi connectivity index (χ4v) is 3.70. The predicted octanol–water partition coefficient (Wildman–Crippen LogP) is 5.37. The molecule has 0 aliphatic heterocycles. The van der Waals surface area contributed by atoms with Gasteiger partial charge in [-0.1, -0.05) is 65.7 Å². The van der Waals surface area contributed by atoms with Gasteiger partial charge in [0, 0.05) is 15.9 Å². The van der Waals surface area contributed by atoms with Gasteiger partial charge < -0.3 is 5.11 Å². The molecule has 1 nitrogen and oxygen atoms in total. The summed E-state index contributed by atoms with van der Waals surface area (Å²) in [7, 11) is 0. The Bertz CT molecular complexity index is 400. The van der Waals surface area contributed by atoms with Crippen molar-refractivity contribution in [3.8, 4) is 0 Å². The highest BCUT2D eigenvalue weighted by molar-refractivity contribution is 9.10. The normalized spacial score (nSPS) is 19.7. The van der Waals surface area contributed by atoms with Crippen LogP contribution in [0.3, 0.4) is 0 Å². The Morgan fingerprint density at radius 2 is 1.79 bits per heavy atom. The van der Waals surface area contributed by atoms with E-state index in [1.54, 1.807) is 0 Å². The average Bonchev–Trinajstić information content (AvgIpc) is 2.32. The van der Waals surface area contributed by atoms with Gasteiger partial charge in [0.2, 0.25) is 0 Å².